The molecule has 16 heavy (non-hydrogen) atoms. The summed E-state index contributed by atoms with van der Waals surface area (Å²) in [5, 5.41) is 19.0. The van der Waals surface area contributed by atoms with Crippen LogP contribution in [-0.2, 0) is 0 Å². The fraction of sp³-hybridized carbons (Fsp3) is 0.900. The molecule has 0 saturated carbocycles. The van der Waals surface area contributed by atoms with Gasteiger partial charge >= 0.3 is 6.18 Å². The smallest absolute Gasteiger partial charge is 0.384 e. The molecule has 1 rings (SSSR count). The average molecular weight is 238 g/mol. The van der Waals surface area contributed by atoms with Crippen molar-refractivity contribution in [2.24, 2.45) is 5.92 Å². The lowest BCUT2D eigenvalue weighted by atomic mass is 9.93. The van der Waals surface area contributed by atoms with E-state index in [9.17, 15) is 18.3 Å². The molecule has 0 amide bonds. The van der Waals surface area contributed by atoms with Gasteiger partial charge in [0.15, 0.2) is 0 Å². The summed E-state index contributed by atoms with van der Waals surface area (Å²) in [6, 6.07) is -0.853. The van der Waals surface area contributed by atoms with Crippen molar-refractivity contribution in [2.45, 2.75) is 50.9 Å². The van der Waals surface area contributed by atoms with Gasteiger partial charge in [0.25, 0.3) is 0 Å². The number of hydrogen-bond acceptors (Lipinski definition) is 2. The number of amidine groups is 1. The van der Waals surface area contributed by atoms with Crippen LogP contribution in [0.2, 0.25) is 0 Å². The quantitative estimate of drug-likeness (QED) is 0.656. The minimum atomic E-state index is -4.45. The van der Waals surface area contributed by atoms with Crippen molar-refractivity contribution in [3.8, 4) is 0 Å². The number of halogens is 3. The fourth-order valence-corrected chi connectivity index (χ4v) is 2.05. The van der Waals surface area contributed by atoms with E-state index in [0.29, 0.717) is 12.8 Å². The molecule has 94 valence electrons. The lowest BCUT2D eigenvalue weighted by Crippen LogP contribution is -2.39. The van der Waals surface area contributed by atoms with E-state index in [0.717, 1.165) is 12.8 Å². The lowest BCUT2D eigenvalue weighted by Gasteiger charge is -2.23. The van der Waals surface area contributed by atoms with Crippen LogP contribution < -0.4 is 5.32 Å². The SMILES string of the molecule is CCCCC[C@@H]1NC(=N)[C@@H](O)[C@H]1C(F)(F)F. The Morgan fingerprint density at radius 3 is 2.50 bits per heavy atom. The first kappa shape index (κ1) is 13.3. The van der Waals surface area contributed by atoms with Gasteiger partial charge in [-0.05, 0) is 6.42 Å². The van der Waals surface area contributed by atoms with Crippen molar-refractivity contribution < 1.29 is 18.3 Å². The van der Waals surface area contributed by atoms with Gasteiger partial charge in [-0.25, -0.2) is 0 Å². The largest absolute Gasteiger partial charge is 0.396 e. The fourth-order valence-electron chi connectivity index (χ4n) is 2.05. The van der Waals surface area contributed by atoms with E-state index in [1.807, 2.05) is 6.92 Å². The molecule has 0 unspecified atom stereocenters. The zero-order chi connectivity index (χ0) is 12.3. The van der Waals surface area contributed by atoms with Gasteiger partial charge in [0, 0.05) is 6.04 Å². The van der Waals surface area contributed by atoms with E-state index in [-0.39, 0.29) is 0 Å². The highest BCUT2D eigenvalue weighted by Crippen LogP contribution is 2.36. The Kier molecular flexibility index (Phi) is 4.18. The third-order valence-corrected chi connectivity index (χ3v) is 2.91. The van der Waals surface area contributed by atoms with Gasteiger partial charge in [-0.2, -0.15) is 13.2 Å². The van der Waals surface area contributed by atoms with Crippen LogP contribution in [0.25, 0.3) is 0 Å². The zero-order valence-electron chi connectivity index (χ0n) is 9.14. The van der Waals surface area contributed by atoms with Crippen molar-refractivity contribution in [2.75, 3.05) is 0 Å². The van der Waals surface area contributed by atoms with Gasteiger partial charge in [0.1, 0.15) is 17.9 Å². The number of alkyl halides is 3. The van der Waals surface area contributed by atoms with Crippen LogP contribution in [0.15, 0.2) is 0 Å². The molecule has 1 saturated heterocycles. The summed E-state index contributed by atoms with van der Waals surface area (Å²) in [6.45, 7) is 1.97. The van der Waals surface area contributed by atoms with Crippen LogP contribution >= 0.6 is 0 Å². The molecule has 0 bridgehead atoms. The normalized spacial score (nSPS) is 30.6. The predicted molar refractivity (Wildman–Crippen MR) is 54.3 cm³/mol. The van der Waals surface area contributed by atoms with Crippen LogP contribution in [-0.4, -0.2) is 29.3 Å². The molecule has 1 fully saturated rings. The summed E-state index contributed by atoms with van der Waals surface area (Å²) in [4.78, 5) is 0. The molecule has 0 radical (unpaired) electrons. The molecule has 3 atom stereocenters. The maximum Gasteiger partial charge on any atom is 0.396 e. The van der Waals surface area contributed by atoms with Crippen LogP contribution in [0, 0.1) is 11.3 Å². The first-order valence-electron chi connectivity index (χ1n) is 5.47. The Bertz CT molecular complexity index is 255. The van der Waals surface area contributed by atoms with Crippen molar-refractivity contribution in [3.05, 3.63) is 0 Å². The van der Waals surface area contributed by atoms with Gasteiger partial charge in [-0.3, -0.25) is 5.41 Å². The molecule has 0 aliphatic carbocycles. The van der Waals surface area contributed by atoms with Gasteiger partial charge in [0.2, 0.25) is 0 Å². The molecule has 1 aliphatic rings. The predicted octanol–water partition coefficient (Wildman–Crippen LogP) is 2.06. The Labute approximate surface area is 92.5 Å². The first-order chi connectivity index (χ1) is 7.38. The Balaban J connectivity index is 2.64. The van der Waals surface area contributed by atoms with Gasteiger partial charge in [-0.15, -0.1) is 0 Å². The zero-order valence-corrected chi connectivity index (χ0v) is 9.14. The van der Waals surface area contributed by atoms with Crippen LogP contribution in [0.4, 0.5) is 13.2 Å². The third-order valence-electron chi connectivity index (χ3n) is 2.91. The summed E-state index contributed by atoms with van der Waals surface area (Å²) in [5.74, 6) is -2.25. The molecule has 0 aromatic heterocycles. The maximum absolute atomic E-state index is 12.6. The van der Waals surface area contributed by atoms with Crippen LogP contribution in [0.1, 0.15) is 32.6 Å². The topological polar surface area (TPSA) is 56.1 Å². The minimum Gasteiger partial charge on any atom is -0.384 e. The summed E-state index contributed by atoms with van der Waals surface area (Å²) >= 11 is 0. The molecule has 3 N–H and O–H groups in total. The summed E-state index contributed by atoms with van der Waals surface area (Å²) in [5.41, 5.74) is 0. The highest BCUT2D eigenvalue weighted by Gasteiger charge is 2.54. The van der Waals surface area contributed by atoms with E-state index in [2.05, 4.69) is 5.32 Å². The average Bonchev–Trinajstić information content (AvgIpc) is 2.42. The molecular formula is C10H17F3N2O. The minimum absolute atomic E-state index is 0.345. The molecule has 0 aromatic carbocycles. The monoisotopic (exact) mass is 238 g/mol. The standard InChI is InChI=1S/C10H17F3N2O/c1-2-3-4-5-6-7(10(11,12)13)8(16)9(14)15-6/h6-8,16H,2-5H2,1H3,(H2,14,15)/t6-,7-,8-/m0/s1. The number of aliphatic hydroxyl groups is 1. The summed E-state index contributed by atoms with van der Waals surface area (Å²) in [6.07, 6.45) is -3.36. The highest BCUT2D eigenvalue weighted by molar-refractivity contribution is 5.86. The van der Waals surface area contributed by atoms with Gasteiger partial charge in [0.05, 0.1) is 0 Å². The van der Waals surface area contributed by atoms with Crippen molar-refractivity contribution in [3.63, 3.8) is 0 Å². The molecule has 6 heteroatoms. The van der Waals surface area contributed by atoms with E-state index < -0.39 is 30.1 Å². The Morgan fingerprint density at radius 2 is 2.00 bits per heavy atom. The van der Waals surface area contributed by atoms with E-state index in [4.69, 9.17) is 5.41 Å². The van der Waals surface area contributed by atoms with Crippen molar-refractivity contribution in [1.29, 1.82) is 5.41 Å². The Morgan fingerprint density at radius 1 is 1.38 bits per heavy atom. The van der Waals surface area contributed by atoms with Crippen molar-refractivity contribution >= 4 is 5.84 Å². The van der Waals surface area contributed by atoms with Crippen LogP contribution in [0.5, 0.6) is 0 Å². The number of nitrogens with one attached hydrogen (secondary N) is 2. The number of aliphatic hydroxyl groups excluding tert-OH is 1. The van der Waals surface area contributed by atoms with Gasteiger partial charge in [-0.1, -0.05) is 26.2 Å². The molecule has 1 aliphatic heterocycles. The number of unbranched alkanes of at least 4 members (excludes halogenated alkanes) is 2. The van der Waals surface area contributed by atoms with E-state index in [1.165, 1.54) is 0 Å². The molecule has 0 spiro atoms. The molecule has 3 nitrogen and oxygen atoms in total. The molecular weight excluding hydrogens is 221 g/mol. The van der Waals surface area contributed by atoms with Crippen molar-refractivity contribution in [1.82, 2.24) is 5.32 Å². The summed E-state index contributed by atoms with van der Waals surface area (Å²) < 4.78 is 37.9. The van der Waals surface area contributed by atoms with E-state index in [1.54, 1.807) is 0 Å². The third kappa shape index (κ3) is 2.87. The second kappa shape index (κ2) is 5.03. The second-order valence-corrected chi connectivity index (χ2v) is 4.17. The summed E-state index contributed by atoms with van der Waals surface area (Å²) in [7, 11) is 0. The molecule has 1 heterocycles. The van der Waals surface area contributed by atoms with Gasteiger partial charge < -0.3 is 10.4 Å². The lowest BCUT2D eigenvalue weighted by molar-refractivity contribution is -0.193. The second-order valence-electron chi connectivity index (χ2n) is 4.17. The number of hydrogen-bond donors (Lipinski definition) is 3. The maximum atomic E-state index is 12.6. The number of rotatable bonds is 4. The first-order valence-corrected chi connectivity index (χ1v) is 5.47. The Hall–Kier alpha value is -0.780. The van der Waals surface area contributed by atoms with Crippen LogP contribution in [0.3, 0.4) is 0 Å². The molecule has 0 aromatic rings. The van der Waals surface area contributed by atoms with E-state index >= 15 is 0 Å². The highest BCUT2D eigenvalue weighted by atomic mass is 19.4.